The van der Waals surface area contributed by atoms with Gasteiger partial charge in [0.2, 0.25) is 5.76 Å². The highest BCUT2D eigenvalue weighted by molar-refractivity contribution is 7.90. The molecule has 154 valence electrons. The van der Waals surface area contributed by atoms with Gasteiger partial charge in [-0.25, -0.2) is 21.6 Å². The topological polar surface area (TPSA) is 60.2 Å². The summed E-state index contributed by atoms with van der Waals surface area (Å²) in [5, 5.41) is 3.50. The van der Waals surface area contributed by atoms with Crippen LogP contribution in [0.5, 0.6) is 0 Å². The first-order chi connectivity index (χ1) is 13.4. The number of nitrogens with zero attached hydrogens (tertiary/aromatic N) is 1. The second-order valence-corrected chi connectivity index (χ2v) is 8.05. The molecule has 0 aliphatic carbocycles. The maximum Gasteiger partial charge on any atom is 0.416 e. The van der Waals surface area contributed by atoms with Crippen LogP contribution in [0.15, 0.2) is 51.9 Å². The van der Waals surface area contributed by atoms with Crippen molar-refractivity contribution in [2.24, 2.45) is 0 Å². The van der Waals surface area contributed by atoms with Crippen LogP contribution in [0.25, 0.3) is 22.4 Å². The first-order valence-electron chi connectivity index (χ1n) is 7.85. The van der Waals surface area contributed by atoms with Gasteiger partial charge in [-0.1, -0.05) is 23.4 Å². The summed E-state index contributed by atoms with van der Waals surface area (Å²) in [6, 6.07) is 6.22. The first-order valence-corrected chi connectivity index (χ1v) is 9.74. The van der Waals surface area contributed by atoms with Crippen molar-refractivity contribution in [3.05, 3.63) is 59.6 Å². The summed E-state index contributed by atoms with van der Waals surface area (Å²) in [6.45, 7) is 0. The Morgan fingerprint density at radius 2 is 1.59 bits per heavy atom. The third kappa shape index (κ3) is 4.14. The van der Waals surface area contributed by atoms with E-state index in [1.54, 1.807) is 0 Å². The van der Waals surface area contributed by atoms with E-state index in [4.69, 9.17) is 0 Å². The van der Waals surface area contributed by atoms with Gasteiger partial charge in [0.15, 0.2) is 9.84 Å². The van der Waals surface area contributed by atoms with E-state index >= 15 is 0 Å². The lowest BCUT2D eigenvalue weighted by molar-refractivity contribution is -0.137. The fourth-order valence-electron chi connectivity index (χ4n) is 2.70. The van der Waals surface area contributed by atoms with E-state index in [2.05, 4.69) is 9.68 Å². The molecular weight excluding hydrogens is 424 g/mol. The molecule has 0 unspecified atom stereocenters. The lowest BCUT2D eigenvalue weighted by Crippen LogP contribution is -2.04. The molecule has 0 radical (unpaired) electrons. The van der Waals surface area contributed by atoms with Gasteiger partial charge in [-0.15, -0.1) is 0 Å². The van der Waals surface area contributed by atoms with Crippen molar-refractivity contribution in [1.29, 1.82) is 0 Å². The van der Waals surface area contributed by atoms with Crippen LogP contribution in [0, 0.1) is 5.82 Å². The molecule has 3 rings (SSSR count). The highest BCUT2D eigenvalue weighted by Gasteiger charge is 2.31. The van der Waals surface area contributed by atoms with Gasteiger partial charge in [0.05, 0.1) is 11.1 Å². The van der Waals surface area contributed by atoms with E-state index in [0.717, 1.165) is 48.7 Å². The Labute approximate surface area is 160 Å². The fourth-order valence-corrected chi connectivity index (χ4v) is 3.43. The number of alkyl halides is 5. The predicted octanol–water partition coefficient (Wildman–Crippen LogP) is 5.51. The van der Waals surface area contributed by atoms with Crippen LogP contribution in [-0.4, -0.2) is 19.8 Å². The number of hydrogen-bond acceptors (Lipinski definition) is 4. The number of hydrogen-bond donors (Lipinski definition) is 0. The number of halogens is 6. The largest absolute Gasteiger partial charge is 0.416 e. The molecular formula is C18H11F6NO3S. The zero-order chi connectivity index (χ0) is 21.6. The molecule has 0 amide bonds. The standard InChI is InChI=1S/C18H11F6NO3S/c1-29(26,27)13-7-4-10(8-12(13)19)14-15(25-28-16(14)17(20)21)9-2-5-11(6-3-9)18(22,23)24/h2-8,17H,1H3. The van der Waals surface area contributed by atoms with E-state index in [0.29, 0.717) is 0 Å². The first kappa shape index (κ1) is 20.9. The van der Waals surface area contributed by atoms with Gasteiger partial charge in [-0.2, -0.15) is 13.2 Å². The van der Waals surface area contributed by atoms with Gasteiger partial charge in [0, 0.05) is 11.8 Å². The van der Waals surface area contributed by atoms with Crippen LogP contribution in [0.2, 0.25) is 0 Å². The highest BCUT2D eigenvalue weighted by atomic mass is 32.2. The Hall–Kier alpha value is -2.82. The van der Waals surface area contributed by atoms with Crippen molar-refractivity contribution in [2.45, 2.75) is 17.5 Å². The summed E-state index contributed by atoms with van der Waals surface area (Å²) < 4.78 is 107. The van der Waals surface area contributed by atoms with Crippen molar-refractivity contribution in [2.75, 3.05) is 6.26 Å². The van der Waals surface area contributed by atoms with E-state index in [9.17, 15) is 34.8 Å². The smallest absolute Gasteiger partial charge is 0.354 e. The number of rotatable bonds is 4. The Kier molecular flexibility index (Phi) is 5.20. The molecule has 1 heterocycles. The van der Waals surface area contributed by atoms with E-state index < -0.39 is 44.5 Å². The van der Waals surface area contributed by atoms with Crippen LogP contribution >= 0.6 is 0 Å². The molecule has 0 atom stereocenters. The van der Waals surface area contributed by atoms with Crippen LogP contribution < -0.4 is 0 Å². The quantitative estimate of drug-likeness (QED) is 0.508. The van der Waals surface area contributed by atoms with Crippen LogP contribution in [0.3, 0.4) is 0 Å². The lowest BCUT2D eigenvalue weighted by Gasteiger charge is -2.09. The van der Waals surface area contributed by atoms with Gasteiger partial charge >= 0.3 is 6.18 Å². The van der Waals surface area contributed by atoms with Gasteiger partial charge in [0.25, 0.3) is 6.43 Å². The maximum absolute atomic E-state index is 14.2. The lowest BCUT2D eigenvalue weighted by atomic mass is 9.98. The van der Waals surface area contributed by atoms with Gasteiger partial charge in [-0.05, 0) is 29.8 Å². The molecule has 29 heavy (non-hydrogen) atoms. The molecule has 0 aliphatic heterocycles. The van der Waals surface area contributed by atoms with Crippen molar-refractivity contribution < 1.29 is 39.3 Å². The molecule has 0 bridgehead atoms. The average molecular weight is 435 g/mol. The van der Waals surface area contributed by atoms with E-state index in [-0.39, 0.29) is 22.4 Å². The minimum atomic E-state index is -4.59. The summed E-state index contributed by atoms with van der Waals surface area (Å²) in [4.78, 5) is -0.632. The minimum Gasteiger partial charge on any atom is -0.354 e. The third-order valence-electron chi connectivity index (χ3n) is 4.02. The summed E-state index contributed by atoms with van der Waals surface area (Å²) in [7, 11) is -3.90. The Bertz CT molecular complexity index is 1150. The van der Waals surface area contributed by atoms with Crippen LogP contribution in [0.4, 0.5) is 26.3 Å². The SMILES string of the molecule is CS(=O)(=O)c1ccc(-c2c(-c3ccc(C(F)(F)F)cc3)noc2C(F)F)cc1F. The predicted molar refractivity (Wildman–Crippen MR) is 90.4 cm³/mol. The van der Waals surface area contributed by atoms with Gasteiger partial charge < -0.3 is 4.52 Å². The zero-order valence-electron chi connectivity index (χ0n) is 14.5. The van der Waals surface area contributed by atoms with Crippen molar-refractivity contribution in [3.63, 3.8) is 0 Å². The molecule has 3 aromatic rings. The maximum atomic E-state index is 14.2. The molecule has 4 nitrogen and oxygen atoms in total. The molecule has 0 spiro atoms. The number of benzene rings is 2. The minimum absolute atomic E-state index is 0.0243. The summed E-state index contributed by atoms with van der Waals surface area (Å²) >= 11 is 0. The molecule has 11 heteroatoms. The van der Waals surface area contributed by atoms with Gasteiger partial charge in [-0.3, -0.25) is 0 Å². The summed E-state index contributed by atoms with van der Waals surface area (Å²) in [6.07, 6.45) is -6.97. The molecule has 0 fully saturated rings. The Balaban J connectivity index is 2.17. The van der Waals surface area contributed by atoms with Crippen molar-refractivity contribution >= 4 is 9.84 Å². The molecule has 0 aliphatic rings. The zero-order valence-corrected chi connectivity index (χ0v) is 15.3. The summed E-state index contributed by atoms with van der Waals surface area (Å²) in [5.41, 5.74) is -1.68. The summed E-state index contributed by atoms with van der Waals surface area (Å²) in [5.74, 6) is -2.10. The number of aromatic nitrogens is 1. The molecule has 0 saturated heterocycles. The van der Waals surface area contributed by atoms with Gasteiger partial charge in [0.1, 0.15) is 16.4 Å². The monoisotopic (exact) mass is 435 g/mol. The Morgan fingerprint density at radius 3 is 2.07 bits per heavy atom. The van der Waals surface area contributed by atoms with E-state index in [1.807, 2.05) is 0 Å². The molecule has 0 saturated carbocycles. The fraction of sp³-hybridized carbons (Fsp3) is 0.167. The van der Waals surface area contributed by atoms with Crippen molar-refractivity contribution in [3.8, 4) is 22.4 Å². The van der Waals surface area contributed by atoms with E-state index in [1.165, 1.54) is 0 Å². The second kappa shape index (κ2) is 7.21. The normalized spacial score (nSPS) is 12.6. The van der Waals surface area contributed by atoms with Crippen molar-refractivity contribution in [1.82, 2.24) is 5.16 Å². The third-order valence-corrected chi connectivity index (χ3v) is 5.15. The van der Waals surface area contributed by atoms with Crippen LogP contribution in [0.1, 0.15) is 17.7 Å². The second-order valence-electron chi connectivity index (χ2n) is 6.06. The molecule has 1 aromatic heterocycles. The van der Waals surface area contributed by atoms with Crippen LogP contribution in [-0.2, 0) is 16.0 Å². The average Bonchev–Trinajstić information content (AvgIpc) is 3.05. The Morgan fingerprint density at radius 1 is 1.00 bits per heavy atom. The number of sulfone groups is 1. The molecule has 2 aromatic carbocycles. The highest BCUT2D eigenvalue weighted by Crippen LogP contribution is 2.40. The molecule has 0 N–H and O–H groups in total.